The number of nitrogens with one attached hydrogen (secondary N) is 1. The Balaban J connectivity index is 1.70. The summed E-state index contributed by atoms with van der Waals surface area (Å²) in [6.45, 7) is 3.56. The summed E-state index contributed by atoms with van der Waals surface area (Å²) in [6.07, 6.45) is -3.63. The number of fused-ring (bicyclic) bond motifs is 1. The van der Waals surface area contributed by atoms with E-state index in [1.807, 2.05) is 75.6 Å². The van der Waals surface area contributed by atoms with Crippen molar-refractivity contribution in [3.05, 3.63) is 102 Å². The Hall–Kier alpha value is -4.23. The number of halogens is 3. The highest BCUT2D eigenvalue weighted by molar-refractivity contribution is 5.96. The van der Waals surface area contributed by atoms with E-state index < -0.39 is 11.7 Å². The summed E-state index contributed by atoms with van der Waals surface area (Å²) in [5, 5.41) is 4.27. The lowest BCUT2D eigenvalue weighted by Gasteiger charge is -2.17. The zero-order chi connectivity index (χ0) is 28.3. The van der Waals surface area contributed by atoms with E-state index in [-0.39, 0.29) is 5.82 Å². The van der Waals surface area contributed by atoms with E-state index in [0.717, 1.165) is 41.1 Å². The van der Waals surface area contributed by atoms with Gasteiger partial charge >= 0.3 is 6.18 Å². The zero-order valence-corrected chi connectivity index (χ0v) is 22.8. The number of benzene rings is 4. The topological polar surface area (TPSA) is 41.0 Å². The van der Waals surface area contributed by atoms with E-state index >= 15 is 0 Å². The van der Waals surface area contributed by atoms with Gasteiger partial charge in [0.25, 0.3) is 0 Å². The molecule has 1 heterocycles. The Bertz CT molecular complexity index is 1610. The van der Waals surface area contributed by atoms with Gasteiger partial charge in [-0.05, 0) is 86.1 Å². The first-order valence-electron chi connectivity index (χ1n) is 13.2. The second-order valence-electron chi connectivity index (χ2n) is 10.1. The van der Waals surface area contributed by atoms with Gasteiger partial charge in [-0.2, -0.15) is 13.2 Å². The van der Waals surface area contributed by atoms with Gasteiger partial charge in [-0.3, -0.25) is 0 Å². The number of aryl methyl sites for hydroxylation is 1. The number of alkyl halides is 3. The molecule has 5 rings (SSSR count). The number of anilines is 1. The molecule has 5 aromatic rings. The molecule has 0 radical (unpaired) electrons. The fraction of sp³-hybridized carbons (Fsp3) is 0.212. The molecule has 1 N–H and O–H groups in total. The van der Waals surface area contributed by atoms with Crippen LogP contribution in [0.2, 0.25) is 0 Å². The monoisotopic (exact) mass is 540 g/mol. The summed E-state index contributed by atoms with van der Waals surface area (Å²) >= 11 is 0. The molecule has 4 nitrogen and oxygen atoms in total. The van der Waals surface area contributed by atoms with Gasteiger partial charge in [-0.25, -0.2) is 9.97 Å². The molecule has 0 atom stereocenters. The summed E-state index contributed by atoms with van der Waals surface area (Å²) in [5.74, 6) is 0.861. The van der Waals surface area contributed by atoms with Crippen molar-refractivity contribution in [1.29, 1.82) is 0 Å². The van der Waals surface area contributed by atoms with E-state index in [1.165, 1.54) is 6.07 Å². The van der Waals surface area contributed by atoms with Crippen molar-refractivity contribution < 1.29 is 13.2 Å². The van der Waals surface area contributed by atoms with Crippen molar-refractivity contribution >= 4 is 16.7 Å². The molecule has 0 amide bonds. The molecule has 0 saturated heterocycles. The standard InChI is InChI=1S/C33H31F3N4/c1-22-28(24-13-8-5-9-14-24)15-16-29-30(22)38-31(39-32(29)37-17-10-18-40(2)3)26-19-25(23-11-6-4-7-12-23)20-27(21-26)33(34,35)36/h4-9,11-16,19-21H,10,17-18H2,1-3H3,(H,37,38,39). The van der Waals surface area contributed by atoms with Crippen LogP contribution >= 0.6 is 0 Å². The molecule has 40 heavy (non-hydrogen) atoms. The molecule has 4 aromatic carbocycles. The minimum Gasteiger partial charge on any atom is -0.369 e. The molecule has 1 aromatic heterocycles. The molecule has 0 unspecified atom stereocenters. The van der Waals surface area contributed by atoms with Crippen LogP contribution in [0.25, 0.3) is 44.5 Å². The number of nitrogens with zero attached hydrogens (tertiary/aromatic N) is 3. The number of rotatable bonds is 8. The zero-order valence-electron chi connectivity index (χ0n) is 22.8. The van der Waals surface area contributed by atoms with Gasteiger partial charge in [0.2, 0.25) is 0 Å². The maximum Gasteiger partial charge on any atom is 0.416 e. The Labute approximate surface area is 232 Å². The van der Waals surface area contributed by atoms with E-state index in [1.54, 1.807) is 18.2 Å². The van der Waals surface area contributed by atoms with Crippen LogP contribution in [0.1, 0.15) is 17.5 Å². The SMILES string of the molecule is Cc1c(-c2ccccc2)ccc2c(NCCCN(C)C)nc(-c3cc(-c4ccccc4)cc(C(F)(F)F)c3)nc12. The molecule has 0 saturated carbocycles. The molecule has 0 spiro atoms. The first-order valence-corrected chi connectivity index (χ1v) is 13.2. The molecule has 0 aliphatic carbocycles. The van der Waals surface area contributed by atoms with Crippen molar-refractivity contribution in [1.82, 2.24) is 14.9 Å². The van der Waals surface area contributed by atoms with Crippen LogP contribution in [0.3, 0.4) is 0 Å². The summed E-state index contributed by atoms with van der Waals surface area (Å²) in [5.41, 5.74) is 4.46. The molecular weight excluding hydrogens is 509 g/mol. The molecule has 0 aliphatic heterocycles. The largest absolute Gasteiger partial charge is 0.416 e. The maximum atomic E-state index is 14.0. The number of hydrogen-bond acceptors (Lipinski definition) is 4. The molecule has 0 fully saturated rings. The van der Waals surface area contributed by atoms with Gasteiger partial charge < -0.3 is 10.2 Å². The second-order valence-corrected chi connectivity index (χ2v) is 10.1. The molecule has 7 heteroatoms. The van der Waals surface area contributed by atoms with Crippen molar-refractivity contribution in [2.45, 2.75) is 19.5 Å². The van der Waals surface area contributed by atoms with Gasteiger partial charge in [0.05, 0.1) is 11.1 Å². The summed E-state index contributed by atoms with van der Waals surface area (Å²) in [6, 6.07) is 27.2. The van der Waals surface area contributed by atoms with Gasteiger partial charge in [-0.15, -0.1) is 0 Å². The summed E-state index contributed by atoms with van der Waals surface area (Å²) in [7, 11) is 4.04. The first kappa shape index (κ1) is 27.3. The van der Waals surface area contributed by atoms with Crippen molar-refractivity contribution in [2.75, 3.05) is 32.5 Å². The second kappa shape index (κ2) is 11.5. The maximum absolute atomic E-state index is 14.0. The predicted molar refractivity (Wildman–Crippen MR) is 157 cm³/mol. The van der Waals surface area contributed by atoms with Crippen LogP contribution in [0, 0.1) is 6.92 Å². The lowest BCUT2D eigenvalue weighted by molar-refractivity contribution is -0.137. The predicted octanol–water partition coefficient (Wildman–Crippen LogP) is 8.32. The lowest BCUT2D eigenvalue weighted by Crippen LogP contribution is -2.17. The van der Waals surface area contributed by atoms with E-state index in [2.05, 4.69) is 16.3 Å². The van der Waals surface area contributed by atoms with Gasteiger partial charge in [0.15, 0.2) is 5.82 Å². The Morgan fingerprint density at radius 3 is 2.05 bits per heavy atom. The van der Waals surface area contributed by atoms with Crippen LogP contribution in [0.15, 0.2) is 91.0 Å². The minimum atomic E-state index is -4.51. The summed E-state index contributed by atoms with van der Waals surface area (Å²) in [4.78, 5) is 11.8. The third-order valence-corrected chi connectivity index (χ3v) is 6.91. The molecule has 0 aliphatic rings. The minimum absolute atomic E-state index is 0.249. The molecule has 0 bridgehead atoms. The van der Waals surface area contributed by atoms with Crippen LogP contribution in [0.5, 0.6) is 0 Å². The van der Waals surface area contributed by atoms with E-state index in [4.69, 9.17) is 9.97 Å². The average Bonchev–Trinajstić information content (AvgIpc) is 2.95. The van der Waals surface area contributed by atoms with Crippen LogP contribution < -0.4 is 5.32 Å². The molecular formula is C33H31F3N4. The third kappa shape index (κ3) is 6.00. The van der Waals surface area contributed by atoms with Gasteiger partial charge in [-0.1, -0.05) is 66.7 Å². The highest BCUT2D eigenvalue weighted by atomic mass is 19.4. The van der Waals surface area contributed by atoms with Crippen molar-refractivity contribution in [2.24, 2.45) is 0 Å². The Morgan fingerprint density at radius 1 is 0.750 bits per heavy atom. The molecule has 204 valence electrons. The number of aromatic nitrogens is 2. The highest BCUT2D eigenvalue weighted by Crippen LogP contribution is 2.38. The van der Waals surface area contributed by atoms with Gasteiger partial charge in [0, 0.05) is 17.5 Å². The fourth-order valence-corrected chi connectivity index (χ4v) is 4.85. The van der Waals surface area contributed by atoms with Crippen molar-refractivity contribution in [3.63, 3.8) is 0 Å². The van der Waals surface area contributed by atoms with E-state index in [0.29, 0.717) is 34.6 Å². The average molecular weight is 541 g/mol. The van der Waals surface area contributed by atoms with Crippen molar-refractivity contribution in [3.8, 4) is 33.6 Å². The first-order chi connectivity index (χ1) is 19.2. The summed E-state index contributed by atoms with van der Waals surface area (Å²) < 4.78 is 42.1. The van der Waals surface area contributed by atoms with Crippen LogP contribution in [-0.2, 0) is 6.18 Å². The Kier molecular flexibility index (Phi) is 7.85. The fourth-order valence-electron chi connectivity index (χ4n) is 4.85. The van der Waals surface area contributed by atoms with Crippen LogP contribution in [0.4, 0.5) is 19.0 Å². The van der Waals surface area contributed by atoms with Gasteiger partial charge in [0.1, 0.15) is 5.82 Å². The number of hydrogen-bond donors (Lipinski definition) is 1. The third-order valence-electron chi connectivity index (χ3n) is 6.91. The normalized spacial score (nSPS) is 11.8. The van der Waals surface area contributed by atoms with E-state index in [9.17, 15) is 13.2 Å². The lowest BCUT2D eigenvalue weighted by atomic mass is 9.97. The Morgan fingerprint density at radius 2 is 1.40 bits per heavy atom. The smallest absolute Gasteiger partial charge is 0.369 e. The quantitative estimate of drug-likeness (QED) is 0.201. The van der Waals surface area contributed by atoms with Crippen LogP contribution in [-0.4, -0.2) is 42.1 Å². The highest BCUT2D eigenvalue weighted by Gasteiger charge is 2.32.